The molecule has 0 aliphatic carbocycles. The van der Waals surface area contributed by atoms with Crippen LogP contribution in [0.1, 0.15) is 27.5 Å². The number of carboxylic acids is 1. The molecule has 190 valence electrons. The van der Waals surface area contributed by atoms with Crippen molar-refractivity contribution in [3.05, 3.63) is 119 Å². The topological polar surface area (TPSA) is 46.5 Å². The monoisotopic (exact) mass is 522 g/mol. The number of halogens is 3. The van der Waals surface area contributed by atoms with Gasteiger partial charge in [-0.15, -0.1) is 11.8 Å². The summed E-state index contributed by atoms with van der Waals surface area (Å²) in [6.45, 7) is 1.49. The summed E-state index contributed by atoms with van der Waals surface area (Å²) < 4.78 is 44.1. The first-order chi connectivity index (χ1) is 17.7. The van der Waals surface area contributed by atoms with Crippen molar-refractivity contribution in [1.29, 1.82) is 0 Å². The molecule has 0 aliphatic rings. The summed E-state index contributed by atoms with van der Waals surface area (Å²) in [5, 5.41) is 8.95. The first-order valence-electron chi connectivity index (χ1n) is 11.6. The second kappa shape index (κ2) is 11.6. The zero-order valence-electron chi connectivity index (χ0n) is 20.0. The van der Waals surface area contributed by atoms with Crippen molar-refractivity contribution >= 4 is 17.7 Å². The van der Waals surface area contributed by atoms with Crippen LogP contribution in [0.25, 0.3) is 11.1 Å². The van der Waals surface area contributed by atoms with Gasteiger partial charge < -0.3 is 9.84 Å². The minimum atomic E-state index is -4.36. The molecule has 0 bridgehead atoms. The second-order valence-electron chi connectivity index (χ2n) is 8.60. The van der Waals surface area contributed by atoms with Gasteiger partial charge in [0, 0.05) is 10.1 Å². The van der Waals surface area contributed by atoms with Gasteiger partial charge >= 0.3 is 12.1 Å². The molecule has 0 spiro atoms. The fraction of sp³-hybridized carbons (Fsp3) is 0.167. The molecule has 0 radical (unpaired) electrons. The molecule has 0 fully saturated rings. The van der Waals surface area contributed by atoms with Gasteiger partial charge in [-0.25, -0.2) is 4.79 Å². The first-order valence-corrected chi connectivity index (χ1v) is 12.5. The lowest BCUT2D eigenvalue weighted by Crippen LogP contribution is -2.10. The Balaban J connectivity index is 1.57. The fourth-order valence-electron chi connectivity index (χ4n) is 3.96. The standard InChI is InChI=1S/C30H25F3O3S/c1-20-17-26(15-16-27(20)36-19-29(34)35)37-28(18-21-5-3-2-4-6-21)24-9-7-22(8-10-24)23-11-13-25(14-12-23)30(31,32)33/h2-17,28H,18-19H2,1H3,(H,34,35)/t28-/m0/s1. The minimum Gasteiger partial charge on any atom is -0.482 e. The van der Waals surface area contributed by atoms with E-state index in [-0.39, 0.29) is 5.25 Å². The van der Waals surface area contributed by atoms with Crippen molar-refractivity contribution in [1.82, 2.24) is 0 Å². The molecular weight excluding hydrogens is 497 g/mol. The number of rotatable bonds is 9. The molecule has 4 aromatic rings. The third-order valence-electron chi connectivity index (χ3n) is 5.87. The number of aryl methyl sites for hydroxylation is 1. The Kier molecular flexibility index (Phi) is 8.24. The highest BCUT2D eigenvalue weighted by molar-refractivity contribution is 7.99. The van der Waals surface area contributed by atoms with E-state index in [1.54, 1.807) is 17.8 Å². The molecule has 0 heterocycles. The predicted molar refractivity (Wildman–Crippen MR) is 140 cm³/mol. The Morgan fingerprint density at radius 1 is 0.892 bits per heavy atom. The predicted octanol–water partition coefficient (Wildman–Crippen LogP) is 8.22. The third-order valence-corrected chi connectivity index (χ3v) is 7.12. The molecule has 0 aromatic heterocycles. The Hall–Kier alpha value is -3.71. The molecule has 0 saturated heterocycles. The number of thioether (sulfide) groups is 1. The lowest BCUT2D eigenvalue weighted by Gasteiger charge is -2.19. The van der Waals surface area contributed by atoms with Crippen LogP contribution >= 0.6 is 11.8 Å². The maximum absolute atomic E-state index is 12.9. The molecule has 3 nitrogen and oxygen atoms in total. The van der Waals surface area contributed by atoms with Crippen LogP contribution in [-0.4, -0.2) is 17.7 Å². The number of carbonyl (C=O) groups is 1. The number of benzene rings is 4. The van der Waals surface area contributed by atoms with Gasteiger partial charge in [0.25, 0.3) is 0 Å². The SMILES string of the molecule is Cc1cc(S[C@@H](Cc2ccccc2)c2ccc(-c3ccc(C(F)(F)F)cc3)cc2)ccc1OCC(=O)O. The zero-order valence-corrected chi connectivity index (χ0v) is 20.9. The smallest absolute Gasteiger partial charge is 0.416 e. The summed E-state index contributed by atoms with van der Waals surface area (Å²) in [6.07, 6.45) is -3.58. The largest absolute Gasteiger partial charge is 0.482 e. The van der Waals surface area contributed by atoms with E-state index in [0.717, 1.165) is 45.7 Å². The Morgan fingerprint density at radius 3 is 2.08 bits per heavy atom. The van der Waals surface area contributed by atoms with Crippen molar-refractivity contribution < 1.29 is 27.8 Å². The number of alkyl halides is 3. The molecule has 4 aromatic carbocycles. The number of aliphatic carboxylic acids is 1. The lowest BCUT2D eigenvalue weighted by molar-refractivity contribution is -0.139. The van der Waals surface area contributed by atoms with E-state index >= 15 is 0 Å². The second-order valence-corrected chi connectivity index (χ2v) is 9.88. The highest BCUT2D eigenvalue weighted by Crippen LogP contribution is 2.40. The molecule has 1 atom stereocenters. The van der Waals surface area contributed by atoms with Gasteiger partial charge in [0.05, 0.1) is 5.56 Å². The van der Waals surface area contributed by atoms with Crippen molar-refractivity contribution in [2.45, 2.75) is 29.7 Å². The summed E-state index contributed by atoms with van der Waals surface area (Å²) in [4.78, 5) is 11.8. The molecule has 4 rings (SSSR count). The molecule has 0 saturated carbocycles. The lowest BCUT2D eigenvalue weighted by atomic mass is 9.99. The third kappa shape index (κ3) is 7.17. The molecule has 0 aliphatic heterocycles. The van der Waals surface area contributed by atoms with E-state index in [1.807, 2.05) is 61.5 Å². The summed E-state index contributed by atoms with van der Waals surface area (Å²) in [5.41, 5.74) is 4.03. The Bertz CT molecular complexity index is 1340. The normalized spacial score (nSPS) is 12.2. The van der Waals surface area contributed by atoms with Gasteiger partial charge in [0.2, 0.25) is 0 Å². The molecule has 0 unspecified atom stereocenters. The summed E-state index contributed by atoms with van der Waals surface area (Å²) in [7, 11) is 0. The minimum absolute atomic E-state index is 0.0780. The average Bonchev–Trinajstić information content (AvgIpc) is 2.88. The van der Waals surface area contributed by atoms with Crippen LogP contribution in [0.5, 0.6) is 5.75 Å². The summed E-state index contributed by atoms with van der Waals surface area (Å²) >= 11 is 1.69. The van der Waals surface area contributed by atoms with Gasteiger partial charge in [0.15, 0.2) is 6.61 Å². The van der Waals surface area contributed by atoms with Crippen molar-refractivity contribution in [3.8, 4) is 16.9 Å². The van der Waals surface area contributed by atoms with Gasteiger partial charge in [-0.1, -0.05) is 66.7 Å². The van der Waals surface area contributed by atoms with Gasteiger partial charge in [-0.2, -0.15) is 13.2 Å². The van der Waals surface area contributed by atoms with Crippen LogP contribution in [0, 0.1) is 6.92 Å². The molecule has 37 heavy (non-hydrogen) atoms. The van der Waals surface area contributed by atoms with Crippen LogP contribution < -0.4 is 4.74 Å². The number of hydrogen-bond donors (Lipinski definition) is 1. The van der Waals surface area contributed by atoms with E-state index in [0.29, 0.717) is 5.75 Å². The molecular formula is C30H25F3O3S. The van der Waals surface area contributed by atoms with Gasteiger partial charge in [0.1, 0.15) is 5.75 Å². The van der Waals surface area contributed by atoms with Crippen molar-refractivity contribution in [2.24, 2.45) is 0 Å². The van der Waals surface area contributed by atoms with E-state index in [9.17, 15) is 18.0 Å². The Labute approximate surface area is 217 Å². The van der Waals surface area contributed by atoms with E-state index in [2.05, 4.69) is 12.1 Å². The number of carboxylic acid groups (broad SMARTS) is 1. The van der Waals surface area contributed by atoms with Crippen LogP contribution in [0.15, 0.2) is 102 Å². The highest BCUT2D eigenvalue weighted by atomic mass is 32.2. The number of hydrogen-bond acceptors (Lipinski definition) is 3. The van der Waals surface area contributed by atoms with Crippen LogP contribution in [-0.2, 0) is 17.4 Å². The maximum Gasteiger partial charge on any atom is 0.416 e. The molecule has 7 heteroatoms. The highest BCUT2D eigenvalue weighted by Gasteiger charge is 2.30. The van der Waals surface area contributed by atoms with Crippen LogP contribution in [0.3, 0.4) is 0 Å². The Morgan fingerprint density at radius 2 is 1.51 bits per heavy atom. The quantitative estimate of drug-likeness (QED) is 0.225. The van der Waals surface area contributed by atoms with E-state index in [1.165, 1.54) is 17.7 Å². The van der Waals surface area contributed by atoms with E-state index < -0.39 is 24.3 Å². The zero-order chi connectivity index (χ0) is 26.4. The molecule has 1 N–H and O–H groups in total. The van der Waals surface area contributed by atoms with Gasteiger partial charge in [-0.05, 0) is 71.5 Å². The number of ether oxygens (including phenoxy) is 1. The summed E-state index contributed by atoms with van der Waals surface area (Å²) in [6, 6.07) is 28.9. The first kappa shape index (κ1) is 26.4. The average molecular weight is 523 g/mol. The van der Waals surface area contributed by atoms with E-state index in [4.69, 9.17) is 9.84 Å². The van der Waals surface area contributed by atoms with Crippen LogP contribution in [0.2, 0.25) is 0 Å². The molecule has 0 amide bonds. The van der Waals surface area contributed by atoms with Crippen molar-refractivity contribution in [3.63, 3.8) is 0 Å². The maximum atomic E-state index is 12.9. The van der Waals surface area contributed by atoms with Crippen LogP contribution in [0.4, 0.5) is 13.2 Å². The summed E-state index contributed by atoms with van der Waals surface area (Å²) in [5.74, 6) is -0.493. The fourth-order valence-corrected chi connectivity index (χ4v) is 5.25. The van der Waals surface area contributed by atoms with Gasteiger partial charge in [-0.3, -0.25) is 0 Å². The van der Waals surface area contributed by atoms with Crippen molar-refractivity contribution in [2.75, 3.05) is 6.61 Å².